The van der Waals surface area contributed by atoms with Crippen LogP contribution in [-0.4, -0.2) is 19.5 Å². The van der Waals surface area contributed by atoms with Crippen molar-refractivity contribution in [2.75, 3.05) is 0 Å². The van der Waals surface area contributed by atoms with E-state index in [1.54, 1.807) is 6.07 Å². The quantitative estimate of drug-likeness (QED) is 0.784. The zero-order valence-electron chi connectivity index (χ0n) is 10.0. The monoisotopic (exact) mass is 250 g/mol. The van der Waals surface area contributed by atoms with E-state index >= 15 is 0 Å². The summed E-state index contributed by atoms with van der Waals surface area (Å²) in [5.41, 5.74) is 0.908. The van der Waals surface area contributed by atoms with Gasteiger partial charge in [-0.25, -0.2) is 15.0 Å². The summed E-state index contributed by atoms with van der Waals surface area (Å²) in [5, 5.41) is 0.487. The minimum atomic E-state index is 0.487. The third-order valence-electron chi connectivity index (χ3n) is 2.47. The molecular formula is C12H15ClN4. The number of aryl methyl sites for hydroxylation is 2. The summed E-state index contributed by atoms with van der Waals surface area (Å²) in [6.07, 6.45) is 5.60. The molecule has 0 aliphatic rings. The van der Waals surface area contributed by atoms with Crippen LogP contribution in [0.3, 0.4) is 0 Å². The van der Waals surface area contributed by atoms with Gasteiger partial charge in [-0.2, -0.15) is 0 Å². The predicted octanol–water partition coefficient (Wildman–Crippen LogP) is 2.64. The Morgan fingerprint density at radius 1 is 1.35 bits per heavy atom. The lowest BCUT2D eigenvalue weighted by atomic mass is 10.3. The SMILES string of the molecule is CCCn1ccnc1Cc1cc(Cl)nc(C)n1. The van der Waals surface area contributed by atoms with Crippen molar-refractivity contribution in [3.63, 3.8) is 0 Å². The van der Waals surface area contributed by atoms with Crippen LogP contribution in [0.15, 0.2) is 18.5 Å². The highest BCUT2D eigenvalue weighted by Crippen LogP contribution is 2.11. The van der Waals surface area contributed by atoms with Gasteiger partial charge in [-0.3, -0.25) is 0 Å². The summed E-state index contributed by atoms with van der Waals surface area (Å²) in [7, 11) is 0. The fourth-order valence-electron chi connectivity index (χ4n) is 1.79. The van der Waals surface area contributed by atoms with Crippen LogP contribution in [-0.2, 0) is 13.0 Å². The number of hydrogen-bond donors (Lipinski definition) is 0. The highest BCUT2D eigenvalue weighted by Gasteiger charge is 2.06. The second-order valence-electron chi connectivity index (χ2n) is 3.94. The van der Waals surface area contributed by atoms with Gasteiger partial charge < -0.3 is 4.57 Å². The molecule has 2 heterocycles. The minimum absolute atomic E-state index is 0.487. The van der Waals surface area contributed by atoms with Crippen molar-refractivity contribution >= 4 is 11.6 Å². The van der Waals surface area contributed by atoms with Gasteiger partial charge in [-0.05, 0) is 19.4 Å². The van der Waals surface area contributed by atoms with Crippen LogP contribution < -0.4 is 0 Å². The minimum Gasteiger partial charge on any atom is -0.335 e. The molecule has 17 heavy (non-hydrogen) atoms. The topological polar surface area (TPSA) is 43.6 Å². The Bertz CT molecular complexity index is 487. The van der Waals surface area contributed by atoms with Crippen LogP contribution in [0.1, 0.15) is 30.7 Å². The van der Waals surface area contributed by atoms with Gasteiger partial charge in [0.25, 0.3) is 0 Å². The average Bonchev–Trinajstić information content (AvgIpc) is 2.65. The van der Waals surface area contributed by atoms with Crippen LogP contribution in [0.2, 0.25) is 5.15 Å². The number of aromatic nitrogens is 4. The van der Waals surface area contributed by atoms with Crippen LogP contribution in [0.4, 0.5) is 0 Å². The van der Waals surface area contributed by atoms with Crippen molar-refractivity contribution in [2.45, 2.75) is 33.2 Å². The van der Waals surface area contributed by atoms with E-state index in [9.17, 15) is 0 Å². The number of halogens is 1. The fraction of sp³-hybridized carbons (Fsp3) is 0.417. The Labute approximate surface area is 106 Å². The molecule has 0 aliphatic heterocycles. The van der Waals surface area contributed by atoms with Gasteiger partial charge in [0.1, 0.15) is 16.8 Å². The molecule has 90 valence electrons. The fourth-order valence-corrected chi connectivity index (χ4v) is 2.04. The van der Waals surface area contributed by atoms with Crippen LogP contribution in [0.5, 0.6) is 0 Å². The zero-order valence-corrected chi connectivity index (χ0v) is 10.8. The molecule has 0 atom stereocenters. The molecule has 2 aromatic rings. The highest BCUT2D eigenvalue weighted by atomic mass is 35.5. The van der Waals surface area contributed by atoms with Crippen molar-refractivity contribution in [2.24, 2.45) is 0 Å². The largest absolute Gasteiger partial charge is 0.335 e. The first-order chi connectivity index (χ1) is 8.19. The molecule has 0 bridgehead atoms. The maximum Gasteiger partial charge on any atom is 0.133 e. The Balaban J connectivity index is 2.22. The molecule has 0 unspecified atom stereocenters. The van der Waals surface area contributed by atoms with E-state index in [1.165, 1.54) is 0 Å². The van der Waals surface area contributed by atoms with E-state index in [2.05, 4.69) is 26.4 Å². The van der Waals surface area contributed by atoms with Crippen molar-refractivity contribution in [1.82, 2.24) is 19.5 Å². The molecule has 5 heteroatoms. The summed E-state index contributed by atoms with van der Waals surface area (Å²) < 4.78 is 2.14. The normalized spacial score (nSPS) is 10.8. The third kappa shape index (κ3) is 3.03. The Hall–Kier alpha value is -1.42. The van der Waals surface area contributed by atoms with E-state index in [1.807, 2.05) is 19.3 Å². The van der Waals surface area contributed by atoms with Crippen LogP contribution in [0, 0.1) is 6.92 Å². The number of hydrogen-bond acceptors (Lipinski definition) is 3. The van der Waals surface area contributed by atoms with Crippen molar-refractivity contribution in [3.05, 3.63) is 41.0 Å². The maximum atomic E-state index is 5.91. The molecule has 0 aliphatic carbocycles. The van der Waals surface area contributed by atoms with E-state index in [0.29, 0.717) is 17.4 Å². The van der Waals surface area contributed by atoms with Crippen molar-refractivity contribution in [1.29, 1.82) is 0 Å². The molecule has 2 aromatic heterocycles. The van der Waals surface area contributed by atoms with E-state index in [0.717, 1.165) is 24.5 Å². The van der Waals surface area contributed by atoms with Gasteiger partial charge >= 0.3 is 0 Å². The van der Waals surface area contributed by atoms with Gasteiger partial charge in [0.05, 0.1) is 5.69 Å². The molecule has 0 saturated carbocycles. The first-order valence-corrected chi connectivity index (χ1v) is 6.07. The Morgan fingerprint density at radius 2 is 2.18 bits per heavy atom. The van der Waals surface area contributed by atoms with Gasteiger partial charge in [0.2, 0.25) is 0 Å². The zero-order chi connectivity index (χ0) is 12.3. The summed E-state index contributed by atoms with van der Waals surface area (Å²) in [6.45, 7) is 4.97. The lowest BCUT2D eigenvalue weighted by molar-refractivity contribution is 0.644. The molecule has 0 fully saturated rings. The summed E-state index contributed by atoms with van der Waals surface area (Å²) in [5.74, 6) is 1.71. The molecular weight excluding hydrogens is 236 g/mol. The summed E-state index contributed by atoms with van der Waals surface area (Å²) in [4.78, 5) is 12.8. The highest BCUT2D eigenvalue weighted by molar-refractivity contribution is 6.29. The Morgan fingerprint density at radius 3 is 2.88 bits per heavy atom. The van der Waals surface area contributed by atoms with E-state index < -0.39 is 0 Å². The van der Waals surface area contributed by atoms with Crippen LogP contribution in [0.25, 0.3) is 0 Å². The summed E-state index contributed by atoms with van der Waals surface area (Å²) in [6, 6.07) is 1.79. The molecule has 0 spiro atoms. The molecule has 0 N–H and O–H groups in total. The molecule has 0 saturated heterocycles. The standard InChI is InChI=1S/C12H15ClN4/c1-3-5-17-6-4-14-12(17)8-10-7-11(13)16-9(2)15-10/h4,6-7H,3,5,8H2,1-2H3. The second kappa shape index (κ2) is 5.27. The lowest BCUT2D eigenvalue weighted by Gasteiger charge is -2.06. The number of rotatable bonds is 4. The van der Waals surface area contributed by atoms with Crippen LogP contribution >= 0.6 is 11.6 Å². The lowest BCUT2D eigenvalue weighted by Crippen LogP contribution is -2.05. The molecule has 0 aromatic carbocycles. The Kier molecular flexibility index (Phi) is 3.74. The first kappa shape index (κ1) is 12.0. The molecule has 2 rings (SSSR count). The van der Waals surface area contributed by atoms with Gasteiger partial charge in [-0.1, -0.05) is 18.5 Å². The molecule has 0 amide bonds. The third-order valence-corrected chi connectivity index (χ3v) is 2.66. The molecule has 4 nitrogen and oxygen atoms in total. The van der Waals surface area contributed by atoms with Crippen molar-refractivity contribution < 1.29 is 0 Å². The first-order valence-electron chi connectivity index (χ1n) is 5.69. The smallest absolute Gasteiger partial charge is 0.133 e. The van der Waals surface area contributed by atoms with Gasteiger partial charge in [0, 0.05) is 25.4 Å². The predicted molar refractivity (Wildman–Crippen MR) is 67.1 cm³/mol. The average molecular weight is 251 g/mol. The van der Waals surface area contributed by atoms with Gasteiger partial charge in [-0.15, -0.1) is 0 Å². The van der Waals surface area contributed by atoms with Gasteiger partial charge in [0.15, 0.2) is 0 Å². The number of nitrogens with zero attached hydrogens (tertiary/aromatic N) is 4. The van der Waals surface area contributed by atoms with Crippen molar-refractivity contribution in [3.8, 4) is 0 Å². The summed E-state index contributed by atoms with van der Waals surface area (Å²) >= 11 is 5.91. The van der Waals surface area contributed by atoms with E-state index in [4.69, 9.17) is 11.6 Å². The maximum absolute atomic E-state index is 5.91. The van der Waals surface area contributed by atoms with E-state index in [-0.39, 0.29) is 0 Å². The number of imidazole rings is 1. The molecule has 0 radical (unpaired) electrons. The second-order valence-corrected chi connectivity index (χ2v) is 4.33.